The van der Waals surface area contributed by atoms with E-state index in [4.69, 9.17) is 5.11 Å². The van der Waals surface area contributed by atoms with Gasteiger partial charge in [0.15, 0.2) is 0 Å². The minimum absolute atomic E-state index is 0.118. The fourth-order valence-electron chi connectivity index (χ4n) is 2.57. The van der Waals surface area contributed by atoms with Crippen LogP contribution in [-0.4, -0.2) is 55.4 Å². The maximum Gasteiger partial charge on any atom is 0.235 e. The third kappa shape index (κ3) is 3.49. The lowest BCUT2D eigenvalue weighted by Gasteiger charge is -2.36. The van der Waals surface area contributed by atoms with E-state index < -0.39 is 0 Å². The molecular weight excluding hydrogens is 254 g/mol. The number of anilines is 1. The van der Waals surface area contributed by atoms with Crippen LogP contribution in [0.3, 0.4) is 0 Å². The number of nitrogens with one attached hydrogen (secondary N) is 1. The maximum absolute atomic E-state index is 11.4. The molecule has 0 saturated carbocycles. The molecule has 110 valence electrons. The zero-order valence-corrected chi connectivity index (χ0v) is 12.2. The number of aliphatic hydroxyl groups excluding tert-OH is 1. The second-order valence-electron chi connectivity index (χ2n) is 5.24. The normalized spacial score (nSPS) is 16.2. The van der Waals surface area contributed by atoms with Crippen LogP contribution in [0, 0.1) is 13.8 Å². The second kappa shape index (κ2) is 6.72. The van der Waals surface area contributed by atoms with Gasteiger partial charge in [0, 0.05) is 31.9 Å². The highest BCUT2D eigenvalue weighted by atomic mass is 16.3. The fraction of sp³-hybridized carbons (Fsp3) is 0.533. The van der Waals surface area contributed by atoms with E-state index >= 15 is 0 Å². The van der Waals surface area contributed by atoms with Gasteiger partial charge in [0.25, 0.3) is 0 Å². The van der Waals surface area contributed by atoms with Crippen molar-refractivity contribution >= 4 is 11.6 Å². The lowest BCUT2D eigenvalue weighted by Crippen LogP contribution is -2.49. The van der Waals surface area contributed by atoms with Crippen molar-refractivity contribution in [3.05, 3.63) is 29.3 Å². The number of aryl methyl sites for hydroxylation is 1. The Morgan fingerprint density at radius 1 is 1.25 bits per heavy atom. The third-order valence-electron chi connectivity index (χ3n) is 3.93. The highest BCUT2D eigenvalue weighted by molar-refractivity contribution is 5.77. The zero-order valence-electron chi connectivity index (χ0n) is 12.2. The van der Waals surface area contributed by atoms with Crippen LogP contribution in [0.2, 0.25) is 0 Å². The predicted molar refractivity (Wildman–Crippen MR) is 79.8 cm³/mol. The van der Waals surface area contributed by atoms with Crippen LogP contribution >= 0.6 is 0 Å². The molecule has 1 aromatic carbocycles. The number of hydrogen-bond donors (Lipinski definition) is 2. The molecular formula is C15H23N3O2. The molecule has 0 aliphatic carbocycles. The van der Waals surface area contributed by atoms with Crippen LogP contribution in [-0.2, 0) is 4.79 Å². The fourth-order valence-corrected chi connectivity index (χ4v) is 2.57. The molecule has 1 aliphatic heterocycles. The molecule has 1 fully saturated rings. The molecule has 20 heavy (non-hydrogen) atoms. The van der Waals surface area contributed by atoms with Crippen molar-refractivity contribution < 1.29 is 9.90 Å². The van der Waals surface area contributed by atoms with Crippen molar-refractivity contribution in [3.63, 3.8) is 0 Å². The second-order valence-corrected chi connectivity index (χ2v) is 5.24. The molecule has 1 heterocycles. The lowest BCUT2D eigenvalue weighted by molar-refractivity contribution is -0.123. The van der Waals surface area contributed by atoms with E-state index in [2.05, 4.69) is 47.2 Å². The number of hydrogen-bond acceptors (Lipinski definition) is 4. The highest BCUT2D eigenvalue weighted by Gasteiger charge is 2.20. The number of nitrogens with zero attached hydrogens (tertiary/aromatic N) is 2. The summed E-state index contributed by atoms with van der Waals surface area (Å²) >= 11 is 0. The Kier molecular flexibility index (Phi) is 4.98. The van der Waals surface area contributed by atoms with Gasteiger partial charge in [0.1, 0.15) is 6.73 Å². The van der Waals surface area contributed by atoms with Gasteiger partial charge in [-0.25, -0.2) is 0 Å². The Morgan fingerprint density at radius 2 is 1.95 bits per heavy atom. The van der Waals surface area contributed by atoms with Crippen LogP contribution in [0.5, 0.6) is 0 Å². The number of aliphatic hydroxyl groups is 1. The first-order chi connectivity index (χ1) is 9.61. The van der Waals surface area contributed by atoms with Gasteiger partial charge >= 0.3 is 0 Å². The summed E-state index contributed by atoms with van der Waals surface area (Å²) in [6.07, 6.45) is 0. The van der Waals surface area contributed by atoms with E-state index in [0.29, 0.717) is 6.54 Å². The van der Waals surface area contributed by atoms with Crippen molar-refractivity contribution in [2.45, 2.75) is 13.8 Å². The number of rotatable bonds is 4. The molecule has 1 amide bonds. The summed E-state index contributed by atoms with van der Waals surface area (Å²) in [7, 11) is 0. The summed E-state index contributed by atoms with van der Waals surface area (Å²) in [5.41, 5.74) is 3.94. The minimum Gasteiger partial charge on any atom is -0.377 e. The van der Waals surface area contributed by atoms with E-state index in [1.54, 1.807) is 0 Å². The van der Waals surface area contributed by atoms with Crippen molar-refractivity contribution in [2.24, 2.45) is 0 Å². The first kappa shape index (κ1) is 14.8. The van der Waals surface area contributed by atoms with Gasteiger partial charge in [0.2, 0.25) is 5.91 Å². The molecule has 0 aromatic heterocycles. The summed E-state index contributed by atoms with van der Waals surface area (Å²) in [4.78, 5) is 15.9. The van der Waals surface area contributed by atoms with E-state index in [9.17, 15) is 4.79 Å². The Bertz CT molecular complexity index is 468. The summed E-state index contributed by atoms with van der Waals surface area (Å²) in [6.45, 7) is 7.95. The van der Waals surface area contributed by atoms with Crippen LogP contribution in [0.4, 0.5) is 5.69 Å². The van der Waals surface area contributed by atoms with E-state index in [-0.39, 0.29) is 12.6 Å². The SMILES string of the molecule is Cc1cccc(N2CCN(CC(=O)NCO)CC2)c1C. The lowest BCUT2D eigenvalue weighted by atomic mass is 10.1. The van der Waals surface area contributed by atoms with Crippen molar-refractivity contribution in [2.75, 3.05) is 44.4 Å². The van der Waals surface area contributed by atoms with Gasteiger partial charge in [-0.1, -0.05) is 12.1 Å². The van der Waals surface area contributed by atoms with Crippen LogP contribution in [0.1, 0.15) is 11.1 Å². The number of carbonyl (C=O) groups is 1. The maximum atomic E-state index is 11.4. The topological polar surface area (TPSA) is 55.8 Å². The van der Waals surface area contributed by atoms with E-state index in [0.717, 1.165) is 26.2 Å². The Balaban J connectivity index is 1.91. The quantitative estimate of drug-likeness (QED) is 0.787. The van der Waals surface area contributed by atoms with Gasteiger partial charge in [-0.2, -0.15) is 0 Å². The Labute approximate surface area is 120 Å². The van der Waals surface area contributed by atoms with Crippen LogP contribution in [0.25, 0.3) is 0 Å². The van der Waals surface area contributed by atoms with Gasteiger partial charge in [-0.15, -0.1) is 0 Å². The first-order valence-corrected chi connectivity index (χ1v) is 7.03. The summed E-state index contributed by atoms with van der Waals surface area (Å²) < 4.78 is 0. The summed E-state index contributed by atoms with van der Waals surface area (Å²) in [5.74, 6) is -0.118. The average Bonchev–Trinajstić information content (AvgIpc) is 2.43. The number of carbonyl (C=O) groups excluding carboxylic acids is 1. The largest absolute Gasteiger partial charge is 0.377 e. The molecule has 2 N–H and O–H groups in total. The first-order valence-electron chi connectivity index (χ1n) is 7.03. The van der Waals surface area contributed by atoms with Crippen molar-refractivity contribution in [1.82, 2.24) is 10.2 Å². The molecule has 0 atom stereocenters. The molecule has 1 aromatic rings. The monoisotopic (exact) mass is 277 g/mol. The molecule has 1 saturated heterocycles. The molecule has 2 rings (SSSR count). The van der Waals surface area contributed by atoms with Crippen molar-refractivity contribution in [3.8, 4) is 0 Å². The Hall–Kier alpha value is -1.59. The van der Waals surface area contributed by atoms with Gasteiger partial charge in [0.05, 0.1) is 6.54 Å². The van der Waals surface area contributed by atoms with E-state index in [1.165, 1.54) is 16.8 Å². The molecule has 1 aliphatic rings. The standard InChI is InChI=1S/C15H23N3O2/c1-12-4-3-5-14(13(12)2)18-8-6-17(7-9-18)10-15(20)16-11-19/h3-5,19H,6-11H2,1-2H3,(H,16,20). The van der Waals surface area contributed by atoms with Crippen molar-refractivity contribution in [1.29, 1.82) is 0 Å². The molecule has 5 nitrogen and oxygen atoms in total. The minimum atomic E-state index is -0.290. The van der Waals surface area contributed by atoms with Gasteiger partial charge in [-0.05, 0) is 31.0 Å². The Morgan fingerprint density at radius 3 is 2.60 bits per heavy atom. The smallest absolute Gasteiger partial charge is 0.235 e. The van der Waals surface area contributed by atoms with Crippen LogP contribution < -0.4 is 10.2 Å². The predicted octanol–water partition coefficient (Wildman–Crippen LogP) is 0.491. The molecule has 0 radical (unpaired) electrons. The number of piperazine rings is 1. The number of amides is 1. The molecule has 0 spiro atoms. The molecule has 0 bridgehead atoms. The van der Waals surface area contributed by atoms with Crippen LogP contribution in [0.15, 0.2) is 18.2 Å². The summed E-state index contributed by atoms with van der Waals surface area (Å²) in [6, 6.07) is 6.39. The van der Waals surface area contributed by atoms with Gasteiger partial charge < -0.3 is 15.3 Å². The zero-order chi connectivity index (χ0) is 14.5. The highest BCUT2D eigenvalue weighted by Crippen LogP contribution is 2.23. The summed E-state index contributed by atoms with van der Waals surface area (Å²) in [5, 5.41) is 11.1. The third-order valence-corrected chi connectivity index (χ3v) is 3.93. The number of benzene rings is 1. The molecule has 0 unspecified atom stereocenters. The molecule has 5 heteroatoms. The van der Waals surface area contributed by atoms with Gasteiger partial charge in [-0.3, -0.25) is 9.69 Å². The average molecular weight is 277 g/mol. The van der Waals surface area contributed by atoms with E-state index in [1.807, 2.05) is 0 Å².